The van der Waals surface area contributed by atoms with E-state index >= 15 is 0 Å². The number of hydrogen-bond donors (Lipinski definition) is 1. The van der Waals surface area contributed by atoms with Gasteiger partial charge in [-0.1, -0.05) is 15.9 Å². The molecule has 3 aromatic rings. The highest BCUT2D eigenvalue weighted by atomic mass is 79.9. The molecule has 0 fully saturated rings. The molecule has 0 spiro atoms. The average Bonchev–Trinajstić information content (AvgIpc) is 2.49. The Kier molecular flexibility index (Phi) is 3.56. The maximum atomic E-state index is 5.16. The Morgan fingerprint density at radius 3 is 2.60 bits per heavy atom. The molecule has 100 valence electrons. The van der Waals surface area contributed by atoms with Crippen LogP contribution in [-0.4, -0.2) is 12.1 Å². The van der Waals surface area contributed by atoms with Gasteiger partial charge in [-0.2, -0.15) is 0 Å². The topological polar surface area (TPSA) is 34.1 Å². The van der Waals surface area contributed by atoms with Gasteiger partial charge in [0.2, 0.25) is 0 Å². The highest BCUT2D eigenvalue weighted by Crippen LogP contribution is 2.28. The average molecular weight is 329 g/mol. The van der Waals surface area contributed by atoms with Crippen LogP contribution in [-0.2, 0) is 0 Å². The maximum absolute atomic E-state index is 5.16. The van der Waals surface area contributed by atoms with Crippen LogP contribution in [0.1, 0.15) is 0 Å². The summed E-state index contributed by atoms with van der Waals surface area (Å²) in [5, 5.41) is 4.49. The minimum absolute atomic E-state index is 0.845. The quantitative estimate of drug-likeness (QED) is 0.753. The number of pyridine rings is 1. The molecule has 1 N–H and O–H groups in total. The highest BCUT2D eigenvalue weighted by Gasteiger charge is 2.03. The molecular formula is C16H13BrN2O. The van der Waals surface area contributed by atoms with Crippen molar-refractivity contribution in [1.82, 2.24) is 4.98 Å². The van der Waals surface area contributed by atoms with E-state index in [0.717, 1.165) is 32.5 Å². The van der Waals surface area contributed by atoms with E-state index < -0.39 is 0 Å². The van der Waals surface area contributed by atoms with Crippen molar-refractivity contribution >= 4 is 38.2 Å². The van der Waals surface area contributed by atoms with Gasteiger partial charge in [0.05, 0.1) is 12.6 Å². The summed E-state index contributed by atoms with van der Waals surface area (Å²) in [6.45, 7) is 0. The van der Waals surface area contributed by atoms with Gasteiger partial charge in [0.1, 0.15) is 5.75 Å². The minimum atomic E-state index is 0.845. The number of rotatable bonds is 3. The van der Waals surface area contributed by atoms with Crippen molar-refractivity contribution in [1.29, 1.82) is 0 Å². The van der Waals surface area contributed by atoms with Gasteiger partial charge in [-0.05, 0) is 48.5 Å². The van der Waals surface area contributed by atoms with Crippen LogP contribution in [0.15, 0.2) is 59.2 Å². The first-order valence-corrected chi connectivity index (χ1v) is 7.01. The molecule has 2 aromatic carbocycles. The molecular weight excluding hydrogens is 316 g/mol. The number of halogens is 1. The number of nitrogens with one attached hydrogen (secondary N) is 1. The van der Waals surface area contributed by atoms with Gasteiger partial charge in [0, 0.05) is 27.4 Å². The van der Waals surface area contributed by atoms with Crippen LogP contribution in [0, 0.1) is 0 Å². The minimum Gasteiger partial charge on any atom is -0.497 e. The largest absolute Gasteiger partial charge is 0.497 e. The Balaban J connectivity index is 1.99. The fourth-order valence-corrected chi connectivity index (χ4v) is 2.42. The van der Waals surface area contributed by atoms with Crippen LogP contribution in [0.5, 0.6) is 5.75 Å². The molecule has 0 amide bonds. The predicted molar refractivity (Wildman–Crippen MR) is 85.7 cm³/mol. The van der Waals surface area contributed by atoms with E-state index in [1.807, 2.05) is 48.7 Å². The summed E-state index contributed by atoms with van der Waals surface area (Å²) in [7, 11) is 1.66. The molecule has 0 aliphatic rings. The van der Waals surface area contributed by atoms with Gasteiger partial charge in [-0.3, -0.25) is 4.98 Å². The summed E-state index contributed by atoms with van der Waals surface area (Å²) >= 11 is 3.50. The number of nitrogens with zero attached hydrogens (tertiary/aromatic N) is 1. The molecule has 0 unspecified atom stereocenters. The summed E-state index contributed by atoms with van der Waals surface area (Å²) in [4.78, 5) is 4.37. The van der Waals surface area contributed by atoms with Crippen LogP contribution < -0.4 is 10.1 Å². The van der Waals surface area contributed by atoms with Gasteiger partial charge in [-0.25, -0.2) is 0 Å². The molecule has 4 heteroatoms. The Labute approximate surface area is 125 Å². The van der Waals surface area contributed by atoms with Crippen LogP contribution in [0.25, 0.3) is 10.9 Å². The Bertz CT molecular complexity index is 741. The van der Waals surface area contributed by atoms with E-state index in [-0.39, 0.29) is 0 Å². The molecule has 20 heavy (non-hydrogen) atoms. The van der Waals surface area contributed by atoms with E-state index in [2.05, 4.69) is 32.3 Å². The summed E-state index contributed by atoms with van der Waals surface area (Å²) in [6.07, 6.45) is 1.81. The molecule has 1 aromatic heterocycles. The Morgan fingerprint density at radius 2 is 1.85 bits per heavy atom. The smallest absolute Gasteiger partial charge is 0.119 e. The third-order valence-electron chi connectivity index (χ3n) is 3.07. The second-order valence-corrected chi connectivity index (χ2v) is 5.29. The predicted octanol–water partition coefficient (Wildman–Crippen LogP) is 4.75. The lowest BCUT2D eigenvalue weighted by Crippen LogP contribution is -1.93. The van der Waals surface area contributed by atoms with Crippen molar-refractivity contribution in [3.63, 3.8) is 0 Å². The van der Waals surface area contributed by atoms with Crippen LogP contribution in [0.3, 0.4) is 0 Å². The number of benzene rings is 2. The summed E-state index contributed by atoms with van der Waals surface area (Å²) in [5.41, 5.74) is 3.01. The molecule has 0 bridgehead atoms. The van der Waals surface area contributed by atoms with E-state index in [0.29, 0.717) is 0 Å². The monoisotopic (exact) mass is 328 g/mol. The van der Waals surface area contributed by atoms with Gasteiger partial charge < -0.3 is 10.1 Å². The molecule has 0 aliphatic heterocycles. The maximum Gasteiger partial charge on any atom is 0.119 e. The van der Waals surface area contributed by atoms with Crippen molar-refractivity contribution in [3.05, 3.63) is 59.2 Å². The molecule has 1 heterocycles. The zero-order valence-corrected chi connectivity index (χ0v) is 12.5. The lowest BCUT2D eigenvalue weighted by Gasteiger charge is -2.10. The number of methoxy groups -OCH3 is 1. The second-order valence-electron chi connectivity index (χ2n) is 4.37. The molecule has 0 aliphatic carbocycles. The third kappa shape index (κ3) is 2.60. The van der Waals surface area contributed by atoms with Crippen LogP contribution in [0.4, 0.5) is 11.4 Å². The second kappa shape index (κ2) is 5.51. The van der Waals surface area contributed by atoms with Gasteiger partial charge in [0.15, 0.2) is 0 Å². The molecule has 3 rings (SSSR count). The van der Waals surface area contributed by atoms with Gasteiger partial charge in [-0.15, -0.1) is 0 Å². The zero-order chi connectivity index (χ0) is 13.9. The Hall–Kier alpha value is -2.07. The first-order chi connectivity index (χ1) is 9.76. The van der Waals surface area contributed by atoms with Crippen molar-refractivity contribution in [2.45, 2.75) is 0 Å². The first-order valence-electron chi connectivity index (χ1n) is 6.21. The fourth-order valence-electron chi connectivity index (χ4n) is 2.06. The summed E-state index contributed by atoms with van der Waals surface area (Å²) < 4.78 is 6.20. The van der Waals surface area contributed by atoms with Gasteiger partial charge >= 0.3 is 0 Å². The molecule has 0 saturated heterocycles. The summed E-state index contributed by atoms with van der Waals surface area (Å²) in [5.74, 6) is 0.845. The fraction of sp³-hybridized carbons (Fsp3) is 0.0625. The number of fused-ring (bicyclic) bond motifs is 1. The number of ether oxygens (including phenoxy) is 1. The van der Waals surface area contributed by atoms with Crippen LogP contribution in [0.2, 0.25) is 0 Å². The van der Waals surface area contributed by atoms with Crippen LogP contribution >= 0.6 is 15.9 Å². The van der Waals surface area contributed by atoms with Crippen molar-refractivity contribution in [3.8, 4) is 5.75 Å². The Morgan fingerprint density at radius 1 is 1.05 bits per heavy atom. The number of anilines is 2. The van der Waals surface area contributed by atoms with E-state index in [9.17, 15) is 0 Å². The van der Waals surface area contributed by atoms with Crippen molar-refractivity contribution in [2.75, 3.05) is 12.4 Å². The lowest BCUT2D eigenvalue weighted by atomic mass is 10.2. The highest BCUT2D eigenvalue weighted by molar-refractivity contribution is 9.10. The van der Waals surface area contributed by atoms with Crippen molar-refractivity contribution in [2.24, 2.45) is 0 Å². The molecule has 3 nitrogen and oxygen atoms in total. The summed E-state index contributed by atoms with van der Waals surface area (Å²) in [6, 6.07) is 15.9. The lowest BCUT2D eigenvalue weighted by molar-refractivity contribution is 0.415. The molecule has 0 atom stereocenters. The molecule has 0 saturated carbocycles. The van der Waals surface area contributed by atoms with E-state index in [1.54, 1.807) is 7.11 Å². The number of hydrogen-bond acceptors (Lipinski definition) is 3. The third-order valence-corrected chi connectivity index (χ3v) is 3.57. The van der Waals surface area contributed by atoms with E-state index in [1.165, 1.54) is 0 Å². The molecule has 0 radical (unpaired) electrons. The van der Waals surface area contributed by atoms with Crippen molar-refractivity contribution < 1.29 is 4.74 Å². The zero-order valence-electron chi connectivity index (χ0n) is 10.9. The standard InChI is InChI=1S/C16H13BrN2O/c1-20-13-5-3-12(4-6-13)19-16-8-9-18-15-7-2-11(17)10-14(15)16/h2-10H,1H3,(H,18,19). The van der Waals surface area contributed by atoms with Gasteiger partial charge in [0.25, 0.3) is 0 Å². The normalized spacial score (nSPS) is 10.5. The SMILES string of the molecule is COc1ccc(Nc2ccnc3ccc(Br)cc23)cc1. The number of aromatic nitrogens is 1. The first kappa shape index (κ1) is 12.9. The van der Waals surface area contributed by atoms with E-state index in [4.69, 9.17) is 4.74 Å².